The molecule has 6 nitrogen and oxygen atoms in total. The predicted molar refractivity (Wildman–Crippen MR) is 66.7 cm³/mol. The van der Waals surface area contributed by atoms with Crippen molar-refractivity contribution >= 4 is 11.9 Å². The molecule has 1 fully saturated rings. The van der Waals surface area contributed by atoms with E-state index in [0.29, 0.717) is 12.1 Å². The summed E-state index contributed by atoms with van der Waals surface area (Å²) < 4.78 is 5.21. The van der Waals surface area contributed by atoms with Crippen molar-refractivity contribution in [3.63, 3.8) is 0 Å². The highest BCUT2D eigenvalue weighted by atomic mass is 16.5. The number of carboxylic acid groups (broad SMARTS) is 1. The summed E-state index contributed by atoms with van der Waals surface area (Å²) in [5, 5.41) is 9.15. The molecule has 0 spiro atoms. The number of amides is 1. The van der Waals surface area contributed by atoms with Gasteiger partial charge in [0.1, 0.15) is 5.92 Å². The van der Waals surface area contributed by atoms with Crippen molar-refractivity contribution in [2.75, 3.05) is 19.8 Å². The maximum absolute atomic E-state index is 12.4. The summed E-state index contributed by atoms with van der Waals surface area (Å²) in [5.74, 6) is -1.81. The molecule has 0 aliphatic carbocycles. The molecular formula is C13H16N2O4. The Morgan fingerprint density at radius 2 is 2.32 bits per heavy atom. The molecule has 19 heavy (non-hydrogen) atoms. The van der Waals surface area contributed by atoms with Gasteiger partial charge in [0.25, 0.3) is 5.91 Å². The van der Waals surface area contributed by atoms with Gasteiger partial charge < -0.3 is 14.7 Å². The normalized spacial score (nSPS) is 22.2. The minimum atomic E-state index is -0.931. The monoisotopic (exact) mass is 264 g/mol. The van der Waals surface area contributed by atoms with Gasteiger partial charge in [-0.25, -0.2) is 0 Å². The molecule has 2 rings (SSSR count). The van der Waals surface area contributed by atoms with Crippen molar-refractivity contribution in [3.8, 4) is 0 Å². The van der Waals surface area contributed by atoms with Gasteiger partial charge in [0.15, 0.2) is 0 Å². The molecule has 2 heterocycles. The van der Waals surface area contributed by atoms with Crippen LogP contribution in [-0.4, -0.2) is 52.7 Å². The maximum atomic E-state index is 12.4. The Hall–Kier alpha value is -1.95. The van der Waals surface area contributed by atoms with Crippen LogP contribution in [0.15, 0.2) is 24.5 Å². The highest BCUT2D eigenvalue weighted by Crippen LogP contribution is 2.21. The number of aromatic nitrogens is 1. The molecule has 1 aliphatic rings. The topological polar surface area (TPSA) is 79.7 Å². The zero-order chi connectivity index (χ0) is 13.8. The standard InChI is InChI=1S/C13H16N2O4/c1-2-15(11-8-19-7-10(11)13(17)18)12(16)9-4-3-5-14-6-9/h3-6,10-11H,2,7-8H2,1H3,(H,17,18). The quantitative estimate of drug-likeness (QED) is 0.863. The smallest absolute Gasteiger partial charge is 0.311 e. The van der Waals surface area contributed by atoms with E-state index in [1.807, 2.05) is 6.92 Å². The number of aliphatic carboxylic acids is 1. The van der Waals surface area contributed by atoms with Gasteiger partial charge in [0, 0.05) is 18.9 Å². The second kappa shape index (κ2) is 5.79. The van der Waals surface area contributed by atoms with E-state index in [-0.39, 0.29) is 19.1 Å². The average molecular weight is 264 g/mol. The molecule has 0 aromatic carbocycles. The van der Waals surface area contributed by atoms with E-state index in [1.54, 1.807) is 23.2 Å². The Bertz CT molecular complexity index is 463. The molecule has 0 saturated carbocycles. The maximum Gasteiger partial charge on any atom is 0.311 e. The Labute approximate surface area is 111 Å². The lowest BCUT2D eigenvalue weighted by atomic mass is 10.0. The molecule has 0 bridgehead atoms. The van der Waals surface area contributed by atoms with Crippen molar-refractivity contribution < 1.29 is 19.4 Å². The molecule has 2 atom stereocenters. The largest absolute Gasteiger partial charge is 0.481 e. The molecule has 1 aromatic rings. The Morgan fingerprint density at radius 1 is 1.53 bits per heavy atom. The van der Waals surface area contributed by atoms with Crippen molar-refractivity contribution in [1.82, 2.24) is 9.88 Å². The van der Waals surface area contributed by atoms with Gasteiger partial charge >= 0.3 is 5.97 Å². The van der Waals surface area contributed by atoms with E-state index in [4.69, 9.17) is 9.84 Å². The molecule has 0 radical (unpaired) electrons. The van der Waals surface area contributed by atoms with Crippen LogP contribution >= 0.6 is 0 Å². The van der Waals surface area contributed by atoms with Crippen molar-refractivity contribution in [3.05, 3.63) is 30.1 Å². The van der Waals surface area contributed by atoms with Crippen LogP contribution in [0.5, 0.6) is 0 Å². The van der Waals surface area contributed by atoms with Crippen LogP contribution in [0.4, 0.5) is 0 Å². The molecule has 1 N–H and O–H groups in total. The summed E-state index contributed by atoms with van der Waals surface area (Å²) in [6.07, 6.45) is 3.07. The van der Waals surface area contributed by atoms with Crippen LogP contribution < -0.4 is 0 Å². The minimum absolute atomic E-state index is 0.150. The van der Waals surface area contributed by atoms with Crippen LogP contribution in [0.1, 0.15) is 17.3 Å². The molecule has 1 amide bonds. The number of rotatable bonds is 4. The molecule has 1 aromatic heterocycles. The first kappa shape index (κ1) is 13.5. The van der Waals surface area contributed by atoms with Gasteiger partial charge in [0.2, 0.25) is 0 Å². The lowest BCUT2D eigenvalue weighted by molar-refractivity contribution is -0.142. The van der Waals surface area contributed by atoms with Gasteiger partial charge in [-0.1, -0.05) is 0 Å². The van der Waals surface area contributed by atoms with Crippen molar-refractivity contribution in [1.29, 1.82) is 0 Å². The number of likely N-dealkylation sites (N-methyl/N-ethyl adjacent to an activating group) is 1. The Morgan fingerprint density at radius 3 is 2.89 bits per heavy atom. The van der Waals surface area contributed by atoms with Gasteiger partial charge in [0.05, 0.1) is 24.8 Å². The van der Waals surface area contributed by atoms with E-state index in [2.05, 4.69) is 4.98 Å². The van der Waals surface area contributed by atoms with Crippen LogP contribution in [0.2, 0.25) is 0 Å². The summed E-state index contributed by atoms with van der Waals surface area (Å²) in [5.41, 5.74) is 0.459. The number of carbonyl (C=O) groups excluding carboxylic acids is 1. The third-order valence-electron chi connectivity index (χ3n) is 3.28. The fraction of sp³-hybridized carbons (Fsp3) is 0.462. The second-order valence-corrected chi connectivity index (χ2v) is 4.38. The van der Waals surface area contributed by atoms with Crippen LogP contribution in [0.3, 0.4) is 0 Å². The molecule has 1 saturated heterocycles. The van der Waals surface area contributed by atoms with E-state index >= 15 is 0 Å². The van der Waals surface area contributed by atoms with E-state index in [9.17, 15) is 9.59 Å². The third-order valence-corrected chi connectivity index (χ3v) is 3.28. The van der Waals surface area contributed by atoms with Gasteiger partial charge in [-0.15, -0.1) is 0 Å². The predicted octanol–water partition coefficient (Wildman–Crippen LogP) is 0.643. The molecule has 6 heteroatoms. The van der Waals surface area contributed by atoms with E-state index < -0.39 is 17.9 Å². The molecule has 2 unspecified atom stereocenters. The Balaban J connectivity index is 2.20. The first-order valence-electron chi connectivity index (χ1n) is 6.16. The first-order valence-corrected chi connectivity index (χ1v) is 6.16. The average Bonchev–Trinajstić information content (AvgIpc) is 2.90. The van der Waals surface area contributed by atoms with Crippen LogP contribution in [0, 0.1) is 5.92 Å². The lowest BCUT2D eigenvalue weighted by Gasteiger charge is -2.29. The third kappa shape index (κ3) is 2.73. The highest BCUT2D eigenvalue weighted by molar-refractivity contribution is 5.94. The summed E-state index contributed by atoms with van der Waals surface area (Å²) in [7, 11) is 0. The van der Waals surface area contributed by atoms with E-state index in [1.165, 1.54) is 6.20 Å². The number of carbonyl (C=O) groups is 2. The highest BCUT2D eigenvalue weighted by Gasteiger charge is 2.39. The van der Waals surface area contributed by atoms with Gasteiger partial charge in [-0.2, -0.15) is 0 Å². The number of hydrogen-bond acceptors (Lipinski definition) is 4. The van der Waals surface area contributed by atoms with Gasteiger partial charge in [-0.3, -0.25) is 14.6 Å². The zero-order valence-electron chi connectivity index (χ0n) is 10.7. The van der Waals surface area contributed by atoms with Crippen molar-refractivity contribution in [2.45, 2.75) is 13.0 Å². The first-order chi connectivity index (χ1) is 9.15. The fourth-order valence-electron chi connectivity index (χ4n) is 2.27. The number of pyridine rings is 1. The second-order valence-electron chi connectivity index (χ2n) is 4.38. The van der Waals surface area contributed by atoms with Crippen LogP contribution in [-0.2, 0) is 9.53 Å². The molecule has 102 valence electrons. The van der Waals surface area contributed by atoms with Crippen molar-refractivity contribution in [2.24, 2.45) is 5.92 Å². The number of hydrogen-bond donors (Lipinski definition) is 1. The SMILES string of the molecule is CCN(C(=O)c1cccnc1)C1COCC1C(=O)O. The summed E-state index contributed by atoms with van der Waals surface area (Å²) in [6.45, 7) is 2.67. The fourth-order valence-corrected chi connectivity index (χ4v) is 2.27. The number of ether oxygens (including phenoxy) is 1. The zero-order valence-corrected chi connectivity index (χ0v) is 10.7. The number of nitrogens with zero attached hydrogens (tertiary/aromatic N) is 2. The minimum Gasteiger partial charge on any atom is -0.481 e. The summed E-state index contributed by atoms with van der Waals surface area (Å²) >= 11 is 0. The molecule has 1 aliphatic heterocycles. The van der Waals surface area contributed by atoms with Crippen LogP contribution in [0.25, 0.3) is 0 Å². The number of carboxylic acids is 1. The summed E-state index contributed by atoms with van der Waals surface area (Å²) in [6, 6.07) is 2.93. The lowest BCUT2D eigenvalue weighted by Crippen LogP contribution is -2.46. The van der Waals surface area contributed by atoms with Gasteiger partial charge in [-0.05, 0) is 19.1 Å². The van der Waals surface area contributed by atoms with E-state index in [0.717, 1.165) is 0 Å². The molecular weight excluding hydrogens is 248 g/mol. The summed E-state index contributed by atoms with van der Waals surface area (Å²) in [4.78, 5) is 29.0. The Kier molecular flexibility index (Phi) is 4.11.